The van der Waals surface area contributed by atoms with Crippen molar-refractivity contribution in [2.75, 3.05) is 18.0 Å². The van der Waals surface area contributed by atoms with Gasteiger partial charge in [-0.15, -0.1) is 0 Å². The Balaban J connectivity index is 1.32. The number of hydrogen-bond donors (Lipinski definition) is 2. The van der Waals surface area contributed by atoms with Crippen molar-refractivity contribution in [3.05, 3.63) is 123 Å². The molecule has 1 fully saturated rings. The zero-order valence-electron chi connectivity index (χ0n) is 27.0. The van der Waals surface area contributed by atoms with E-state index in [0.29, 0.717) is 18.7 Å². The molecule has 1 aliphatic carbocycles. The number of hydrogen-bond acceptors (Lipinski definition) is 9. The van der Waals surface area contributed by atoms with Gasteiger partial charge in [-0.1, -0.05) is 49.4 Å². The third-order valence-corrected chi connectivity index (χ3v) is 10.2. The molecule has 3 atom stereocenters. The van der Waals surface area contributed by atoms with Gasteiger partial charge in [-0.25, -0.2) is 14.8 Å². The number of rotatable bonds is 8. The number of carbonyl (C=O) groups is 2. The first kappa shape index (κ1) is 31.4. The molecule has 7 rings (SSSR count). The van der Waals surface area contributed by atoms with Gasteiger partial charge in [0.05, 0.1) is 16.2 Å². The molecule has 246 valence electrons. The molecule has 1 spiro atoms. The number of piperidine rings is 1. The van der Waals surface area contributed by atoms with Gasteiger partial charge in [0.15, 0.2) is 0 Å². The van der Waals surface area contributed by atoms with Crippen LogP contribution in [0.3, 0.4) is 0 Å². The van der Waals surface area contributed by atoms with Crippen LogP contribution >= 0.6 is 0 Å². The second kappa shape index (κ2) is 12.8. The summed E-state index contributed by atoms with van der Waals surface area (Å²) in [6, 6.07) is 22.4. The predicted octanol–water partition coefficient (Wildman–Crippen LogP) is 5.81. The molecule has 0 radical (unpaired) electrons. The van der Waals surface area contributed by atoms with E-state index in [1.807, 2.05) is 6.07 Å². The SMILES string of the molecule is CC(=O)NCc1cccc2c1C1(CCNCC1)[C@@H](Cc1ccccc1)N2c1ncnc2c1[C@H](C)C[C@H]2OC(=O)c1ccc([N+](=O)[O-])cc1. The largest absolute Gasteiger partial charge is 0.452 e. The van der Waals surface area contributed by atoms with E-state index >= 15 is 0 Å². The highest BCUT2D eigenvalue weighted by Gasteiger charge is 2.54. The lowest BCUT2D eigenvalue weighted by atomic mass is 9.67. The van der Waals surface area contributed by atoms with Gasteiger partial charge in [0.1, 0.15) is 18.2 Å². The maximum Gasteiger partial charge on any atom is 0.338 e. The van der Waals surface area contributed by atoms with Crippen LogP contribution < -0.4 is 15.5 Å². The maximum atomic E-state index is 13.2. The number of carbonyl (C=O) groups excluding carboxylic acids is 2. The van der Waals surface area contributed by atoms with Crippen molar-refractivity contribution in [2.45, 2.75) is 69.6 Å². The minimum absolute atomic E-state index is 0.00109. The number of esters is 1. The van der Waals surface area contributed by atoms with Crippen molar-refractivity contribution >= 4 is 29.1 Å². The summed E-state index contributed by atoms with van der Waals surface area (Å²) >= 11 is 0. The van der Waals surface area contributed by atoms with Crippen molar-refractivity contribution in [3.63, 3.8) is 0 Å². The number of ether oxygens (including phenoxy) is 1. The van der Waals surface area contributed by atoms with Gasteiger partial charge in [0.2, 0.25) is 5.91 Å². The fraction of sp³-hybridized carbons (Fsp3) is 0.351. The standard InChI is InChI=1S/C37H38N6O5/c1-23-19-30(48-36(45)26-11-13-28(14-12-26)43(46)47)34-32(23)35(41-22-40-34)42-29-10-6-9-27(21-39-24(2)44)33(29)37(15-17-38-18-16-37)31(42)20-25-7-4-3-5-8-25/h3-14,22-23,30-31,38H,15-21H2,1-2H3,(H,39,44)/t23-,30-,31-/m1/s1. The smallest absolute Gasteiger partial charge is 0.338 e. The van der Waals surface area contributed by atoms with Gasteiger partial charge >= 0.3 is 5.97 Å². The fourth-order valence-electron chi connectivity index (χ4n) is 8.04. The van der Waals surface area contributed by atoms with E-state index in [0.717, 1.165) is 55.0 Å². The van der Waals surface area contributed by atoms with Gasteiger partial charge in [0.25, 0.3) is 5.69 Å². The van der Waals surface area contributed by atoms with Crippen LogP contribution in [0.4, 0.5) is 17.2 Å². The minimum atomic E-state index is -0.590. The predicted molar refractivity (Wildman–Crippen MR) is 180 cm³/mol. The van der Waals surface area contributed by atoms with Crippen LogP contribution in [-0.4, -0.2) is 45.9 Å². The molecule has 11 heteroatoms. The molecule has 2 N–H and O–H groups in total. The number of nitrogens with zero attached hydrogens (tertiary/aromatic N) is 4. The van der Waals surface area contributed by atoms with Gasteiger partial charge in [0, 0.05) is 48.3 Å². The van der Waals surface area contributed by atoms with Crippen LogP contribution in [0.2, 0.25) is 0 Å². The molecule has 3 aromatic carbocycles. The molecule has 0 saturated carbocycles. The number of anilines is 2. The molecule has 1 aromatic heterocycles. The van der Waals surface area contributed by atoms with Crippen LogP contribution in [0.15, 0.2) is 79.1 Å². The van der Waals surface area contributed by atoms with Crippen molar-refractivity contribution in [3.8, 4) is 0 Å². The van der Waals surface area contributed by atoms with E-state index in [1.54, 1.807) is 13.3 Å². The molecule has 2 aliphatic heterocycles. The van der Waals surface area contributed by atoms with Crippen LogP contribution in [0, 0.1) is 10.1 Å². The Morgan fingerprint density at radius 2 is 1.79 bits per heavy atom. The van der Waals surface area contributed by atoms with Crippen molar-refractivity contribution < 1.29 is 19.2 Å². The average molecular weight is 647 g/mol. The Morgan fingerprint density at radius 3 is 2.50 bits per heavy atom. The van der Waals surface area contributed by atoms with E-state index in [-0.39, 0.29) is 34.5 Å². The molecule has 3 heterocycles. The van der Waals surface area contributed by atoms with Gasteiger partial charge in [-0.3, -0.25) is 14.9 Å². The summed E-state index contributed by atoms with van der Waals surface area (Å²) in [5, 5.41) is 17.7. The third-order valence-electron chi connectivity index (χ3n) is 10.2. The summed E-state index contributed by atoms with van der Waals surface area (Å²) in [4.78, 5) is 48.0. The Morgan fingerprint density at radius 1 is 1.04 bits per heavy atom. The highest BCUT2D eigenvalue weighted by molar-refractivity contribution is 5.90. The number of amides is 1. The van der Waals surface area contributed by atoms with E-state index in [2.05, 4.69) is 69.9 Å². The zero-order valence-corrected chi connectivity index (χ0v) is 27.0. The average Bonchev–Trinajstić information content (AvgIpc) is 3.55. The fourth-order valence-corrected chi connectivity index (χ4v) is 8.04. The summed E-state index contributed by atoms with van der Waals surface area (Å²) in [6.45, 7) is 5.86. The quantitative estimate of drug-likeness (QED) is 0.138. The van der Waals surface area contributed by atoms with E-state index in [4.69, 9.17) is 9.72 Å². The minimum Gasteiger partial charge on any atom is -0.452 e. The number of nitrogens with one attached hydrogen (secondary N) is 2. The molecule has 0 unspecified atom stereocenters. The molecule has 1 amide bonds. The van der Waals surface area contributed by atoms with Crippen LogP contribution in [0.5, 0.6) is 0 Å². The highest BCUT2D eigenvalue weighted by Crippen LogP contribution is 2.57. The number of benzene rings is 3. The maximum absolute atomic E-state index is 13.2. The van der Waals surface area contributed by atoms with Crippen molar-refractivity contribution in [1.82, 2.24) is 20.6 Å². The molecular weight excluding hydrogens is 608 g/mol. The number of aromatic nitrogens is 2. The Hall–Kier alpha value is -5.16. The summed E-state index contributed by atoms with van der Waals surface area (Å²) in [6.07, 6.45) is 4.18. The molecule has 48 heavy (non-hydrogen) atoms. The number of fused-ring (bicyclic) bond motifs is 3. The molecule has 1 saturated heterocycles. The number of nitro benzene ring substituents is 1. The van der Waals surface area contributed by atoms with Crippen molar-refractivity contribution in [2.24, 2.45) is 0 Å². The summed E-state index contributed by atoms with van der Waals surface area (Å²) < 4.78 is 6.02. The third kappa shape index (κ3) is 5.57. The number of non-ortho nitro benzene ring substituents is 1. The van der Waals surface area contributed by atoms with Crippen LogP contribution in [0.25, 0.3) is 0 Å². The van der Waals surface area contributed by atoms with Crippen molar-refractivity contribution in [1.29, 1.82) is 0 Å². The van der Waals surface area contributed by atoms with E-state index < -0.39 is 17.0 Å². The van der Waals surface area contributed by atoms with Crippen LogP contribution in [-0.2, 0) is 27.9 Å². The summed E-state index contributed by atoms with van der Waals surface area (Å²) in [5.74, 6) is 0.189. The molecule has 0 bridgehead atoms. The molecule has 11 nitrogen and oxygen atoms in total. The van der Waals surface area contributed by atoms with Gasteiger partial charge in [-0.05, 0) is 79.6 Å². The first-order valence-electron chi connectivity index (χ1n) is 16.5. The topological polar surface area (TPSA) is 140 Å². The Labute approximate surface area is 278 Å². The Kier molecular flexibility index (Phi) is 8.38. The number of nitro groups is 1. The first-order valence-corrected chi connectivity index (χ1v) is 16.5. The molecular formula is C37H38N6O5. The molecule has 4 aromatic rings. The monoisotopic (exact) mass is 646 g/mol. The van der Waals surface area contributed by atoms with Gasteiger partial charge < -0.3 is 20.3 Å². The Bertz CT molecular complexity index is 1860. The lowest BCUT2D eigenvalue weighted by molar-refractivity contribution is -0.384. The highest BCUT2D eigenvalue weighted by atomic mass is 16.6. The second-order valence-corrected chi connectivity index (χ2v) is 13.0. The lowest BCUT2D eigenvalue weighted by Crippen LogP contribution is -2.51. The second-order valence-electron chi connectivity index (χ2n) is 13.0. The van der Waals surface area contributed by atoms with Gasteiger partial charge in [-0.2, -0.15) is 0 Å². The lowest BCUT2D eigenvalue weighted by Gasteiger charge is -2.43. The summed E-state index contributed by atoms with van der Waals surface area (Å²) in [7, 11) is 0. The summed E-state index contributed by atoms with van der Waals surface area (Å²) in [5.41, 5.74) is 6.28. The van der Waals surface area contributed by atoms with Crippen LogP contribution in [0.1, 0.15) is 83.4 Å². The molecule has 3 aliphatic rings. The first-order chi connectivity index (χ1) is 23.3. The van der Waals surface area contributed by atoms with E-state index in [9.17, 15) is 19.7 Å². The van der Waals surface area contributed by atoms with E-state index in [1.165, 1.54) is 35.4 Å². The normalized spacial score (nSPS) is 20.6. The zero-order chi connectivity index (χ0) is 33.4.